The summed E-state index contributed by atoms with van der Waals surface area (Å²) in [7, 11) is -1.98. The van der Waals surface area contributed by atoms with Crippen LogP contribution in [0, 0.1) is 0 Å². The average molecular weight is 319 g/mol. The Kier molecular flexibility index (Phi) is 3.30. The van der Waals surface area contributed by atoms with Gasteiger partial charge in [0.05, 0.1) is 22.7 Å². The number of rotatable bonds is 3. The summed E-state index contributed by atoms with van der Waals surface area (Å²) < 4.78 is 24.1. The number of carbonyl (C=O) groups is 1. The lowest BCUT2D eigenvalue weighted by atomic mass is 10.2. The number of hydrazone groups is 1. The van der Waals surface area contributed by atoms with Crippen LogP contribution in [0.4, 0.5) is 5.69 Å². The number of benzene rings is 1. The van der Waals surface area contributed by atoms with Crippen LogP contribution in [0.3, 0.4) is 0 Å². The normalized spacial score (nSPS) is 15.3. The first-order chi connectivity index (χ1) is 10.3. The van der Waals surface area contributed by atoms with E-state index < -0.39 is 10.0 Å². The number of hydrogen-bond donors (Lipinski definition) is 1. The number of hydrogen-bond acceptors (Lipinski definition) is 5. The lowest BCUT2D eigenvalue weighted by Crippen LogP contribution is -2.19. The fourth-order valence-corrected chi connectivity index (χ4v) is 2.63. The molecule has 1 amide bonds. The minimum Gasteiger partial charge on any atom is -0.275 e. The highest BCUT2D eigenvalue weighted by molar-refractivity contribution is 7.89. The summed E-state index contributed by atoms with van der Waals surface area (Å²) in [4.78, 5) is 12.1. The van der Waals surface area contributed by atoms with Crippen molar-refractivity contribution in [2.75, 3.05) is 5.01 Å². The molecule has 0 saturated carbocycles. The van der Waals surface area contributed by atoms with E-state index in [1.807, 2.05) is 0 Å². The third-order valence-electron chi connectivity index (χ3n) is 3.19. The standard InChI is InChI=1S/C13H13N5O3S/c1-17-7-6-11(15-17)12-8-13(19)18(16-12)9-2-4-10(5-3-9)22(14,20)21/h2-7H,8H2,1H3,(H2,14,20,21). The summed E-state index contributed by atoms with van der Waals surface area (Å²) in [5.41, 5.74) is 1.68. The van der Waals surface area contributed by atoms with E-state index in [-0.39, 0.29) is 17.2 Å². The predicted octanol–water partition coefficient (Wildman–Crippen LogP) is 0.208. The van der Waals surface area contributed by atoms with Crippen LogP contribution in [0.1, 0.15) is 12.1 Å². The Balaban J connectivity index is 1.91. The van der Waals surface area contributed by atoms with Gasteiger partial charge in [-0.15, -0.1) is 0 Å². The molecule has 1 aromatic heterocycles. The van der Waals surface area contributed by atoms with E-state index in [2.05, 4.69) is 10.2 Å². The van der Waals surface area contributed by atoms with Crippen LogP contribution in [0.5, 0.6) is 0 Å². The van der Waals surface area contributed by atoms with Gasteiger partial charge < -0.3 is 0 Å². The van der Waals surface area contributed by atoms with Gasteiger partial charge in [0.1, 0.15) is 5.69 Å². The average Bonchev–Trinajstić information content (AvgIpc) is 3.04. The first-order valence-corrected chi connectivity index (χ1v) is 7.92. The monoisotopic (exact) mass is 319 g/mol. The van der Waals surface area contributed by atoms with Crippen molar-refractivity contribution in [3.63, 3.8) is 0 Å². The first-order valence-electron chi connectivity index (χ1n) is 6.38. The minimum absolute atomic E-state index is 0.0168. The maximum absolute atomic E-state index is 12.1. The molecule has 114 valence electrons. The lowest BCUT2D eigenvalue weighted by molar-refractivity contribution is -0.116. The zero-order valence-electron chi connectivity index (χ0n) is 11.7. The van der Waals surface area contributed by atoms with Crippen molar-refractivity contribution in [1.82, 2.24) is 9.78 Å². The molecule has 3 rings (SSSR count). The van der Waals surface area contributed by atoms with Gasteiger partial charge in [-0.2, -0.15) is 10.2 Å². The summed E-state index contributed by atoms with van der Waals surface area (Å²) in [6.07, 6.45) is 1.92. The van der Waals surface area contributed by atoms with E-state index in [9.17, 15) is 13.2 Å². The van der Waals surface area contributed by atoms with Crippen molar-refractivity contribution in [1.29, 1.82) is 0 Å². The highest BCUT2D eigenvalue weighted by Crippen LogP contribution is 2.23. The van der Waals surface area contributed by atoms with Gasteiger partial charge >= 0.3 is 0 Å². The molecule has 8 nitrogen and oxygen atoms in total. The number of aryl methyl sites for hydroxylation is 1. The van der Waals surface area contributed by atoms with Crippen LogP contribution in [-0.2, 0) is 21.9 Å². The predicted molar refractivity (Wildman–Crippen MR) is 79.7 cm³/mol. The summed E-state index contributed by atoms with van der Waals surface area (Å²) in [6, 6.07) is 7.43. The Hall–Kier alpha value is -2.52. The van der Waals surface area contributed by atoms with Crippen molar-refractivity contribution < 1.29 is 13.2 Å². The van der Waals surface area contributed by atoms with Gasteiger partial charge in [-0.3, -0.25) is 9.48 Å². The first kappa shape index (κ1) is 14.4. The van der Waals surface area contributed by atoms with Crippen molar-refractivity contribution in [2.45, 2.75) is 11.3 Å². The number of carbonyl (C=O) groups excluding carboxylic acids is 1. The molecule has 2 N–H and O–H groups in total. The zero-order valence-corrected chi connectivity index (χ0v) is 12.5. The minimum atomic E-state index is -3.76. The van der Waals surface area contributed by atoms with Gasteiger partial charge in [-0.05, 0) is 30.3 Å². The molecule has 2 heterocycles. The van der Waals surface area contributed by atoms with Gasteiger partial charge in [0.15, 0.2) is 0 Å². The van der Waals surface area contributed by atoms with Gasteiger partial charge in [-0.1, -0.05) is 0 Å². The summed E-state index contributed by atoms with van der Waals surface area (Å²) >= 11 is 0. The van der Waals surface area contributed by atoms with Gasteiger partial charge in [0, 0.05) is 13.2 Å². The Labute approximate surface area is 126 Å². The molecule has 0 unspecified atom stereocenters. The smallest absolute Gasteiger partial charge is 0.253 e. The van der Waals surface area contributed by atoms with Crippen LogP contribution in [0.15, 0.2) is 46.5 Å². The van der Waals surface area contributed by atoms with E-state index in [1.165, 1.54) is 29.3 Å². The molecule has 1 aromatic carbocycles. The highest BCUT2D eigenvalue weighted by atomic mass is 32.2. The molecule has 0 saturated heterocycles. The van der Waals surface area contributed by atoms with E-state index in [1.54, 1.807) is 24.0 Å². The van der Waals surface area contributed by atoms with Gasteiger partial charge in [0.2, 0.25) is 10.0 Å². The Bertz CT molecular complexity index is 867. The molecule has 0 aliphatic carbocycles. The SMILES string of the molecule is Cn1ccc(C2=NN(c3ccc(S(N)(=O)=O)cc3)C(=O)C2)n1. The fourth-order valence-electron chi connectivity index (χ4n) is 2.12. The second kappa shape index (κ2) is 5.04. The molecular weight excluding hydrogens is 306 g/mol. The summed E-state index contributed by atoms with van der Waals surface area (Å²) in [6.45, 7) is 0. The van der Waals surface area contributed by atoms with Gasteiger partial charge in [0.25, 0.3) is 5.91 Å². The van der Waals surface area contributed by atoms with Crippen LogP contribution < -0.4 is 10.1 Å². The number of nitrogens with two attached hydrogens (primary N) is 1. The molecule has 0 atom stereocenters. The van der Waals surface area contributed by atoms with Crippen molar-refractivity contribution in [2.24, 2.45) is 17.3 Å². The molecule has 1 aliphatic heterocycles. The third-order valence-corrected chi connectivity index (χ3v) is 4.12. The quantitative estimate of drug-likeness (QED) is 0.871. The van der Waals surface area contributed by atoms with E-state index >= 15 is 0 Å². The molecule has 0 bridgehead atoms. The molecule has 0 spiro atoms. The van der Waals surface area contributed by atoms with Crippen LogP contribution in [-0.4, -0.2) is 29.8 Å². The van der Waals surface area contributed by atoms with Crippen LogP contribution in [0.2, 0.25) is 0 Å². The third kappa shape index (κ3) is 2.63. The van der Waals surface area contributed by atoms with Crippen molar-refractivity contribution in [3.05, 3.63) is 42.2 Å². The van der Waals surface area contributed by atoms with Gasteiger partial charge in [-0.25, -0.2) is 18.6 Å². The number of amides is 1. The number of nitrogens with zero attached hydrogens (tertiary/aromatic N) is 4. The van der Waals surface area contributed by atoms with E-state index in [4.69, 9.17) is 5.14 Å². The molecule has 9 heteroatoms. The lowest BCUT2D eigenvalue weighted by Gasteiger charge is -2.11. The fraction of sp³-hybridized carbons (Fsp3) is 0.154. The number of primary sulfonamides is 1. The van der Waals surface area contributed by atoms with E-state index in [0.29, 0.717) is 17.1 Å². The largest absolute Gasteiger partial charge is 0.275 e. The maximum atomic E-state index is 12.1. The summed E-state index contributed by atoms with van der Waals surface area (Å²) in [5, 5.41) is 14.7. The Morgan fingerprint density at radius 1 is 1.18 bits per heavy atom. The molecule has 2 aromatic rings. The topological polar surface area (TPSA) is 111 Å². The molecular formula is C13H13N5O3S. The molecule has 0 radical (unpaired) electrons. The number of anilines is 1. The Morgan fingerprint density at radius 3 is 2.41 bits per heavy atom. The second-order valence-electron chi connectivity index (χ2n) is 4.84. The molecule has 22 heavy (non-hydrogen) atoms. The highest BCUT2D eigenvalue weighted by Gasteiger charge is 2.27. The maximum Gasteiger partial charge on any atom is 0.253 e. The Morgan fingerprint density at radius 2 is 1.86 bits per heavy atom. The summed E-state index contributed by atoms with van der Waals surface area (Å²) in [5.74, 6) is -0.205. The molecule has 0 fully saturated rings. The number of aromatic nitrogens is 2. The molecule has 1 aliphatic rings. The van der Waals surface area contributed by atoms with Crippen LogP contribution in [0.25, 0.3) is 0 Å². The zero-order chi connectivity index (χ0) is 15.9. The van der Waals surface area contributed by atoms with E-state index in [0.717, 1.165) is 0 Å². The second-order valence-corrected chi connectivity index (χ2v) is 6.40. The van der Waals surface area contributed by atoms with Crippen molar-refractivity contribution >= 4 is 27.3 Å². The van der Waals surface area contributed by atoms with Crippen LogP contribution >= 0.6 is 0 Å². The van der Waals surface area contributed by atoms with Crippen molar-refractivity contribution in [3.8, 4) is 0 Å². The number of sulfonamides is 1.